The van der Waals surface area contributed by atoms with Gasteiger partial charge in [-0.2, -0.15) is 0 Å². The molecule has 0 aliphatic heterocycles. The van der Waals surface area contributed by atoms with E-state index in [9.17, 15) is 0 Å². The van der Waals surface area contributed by atoms with Crippen LogP contribution in [0.3, 0.4) is 0 Å². The van der Waals surface area contributed by atoms with E-state index >= 15 is 0 Å². The highest BCUT2D eigenvalue weighted by atomic mass is 14.8. The first-order valence-corrected chi connectivity index (χ1v) is 8.40. The van der Waals surface area contributed by atoms with Crippen LogP contribution in [-0.4, -0.2) is 9.97 Å². The van der Waals surface area contributed by atoms with Crippen molar-refractivity contribution in [3.8, 4) is 11.3 Å². The average molecular weight is 304 g/mol. The Morgan fingerprint density at radius 2 is 1.74 bits per heavy atom. The second-order valence-corrected chi connectivity index (χ2v) is 6.59. The van der Waals surface area contributed by atoms with Crippen molar-refractivity contribution in [2.24, 2.45) is 0 Å². The molecule has 0 radical (unpaired) electrons. The number of pyridine rings is 2. The number of nitrogens with zero attached hydrogens (tertiary/aromatic N) is 2. The summed E-state index contributed by atoms with van der Waals surface area (Å²) in [5, 5.41) is 0. The Kier molecular flexibility index (Phi) is 4.16. The number of aromatic nitrogens is 2. The Morgan fingerprint density at radius 3 is 2.48 bits per heavy atom. The lowest BCUT2D eigenvalue weighted by molar-refractivity contribution is 0.439. The lowest BCUT2D eigenvalue weighted by Gasteiger charge is -2.28. The Labute approximate surface area is 138 Å². The van der Waals surface area contributed by atoms with Gasteiger partial charge in [0.05, 0.1) is 16.7 Å². The van der Waals surface area contributed by atoms with Crippen molar-refractivity contribution in [1.82, 2.24) is 9.97 Å². The standard InChI is InChI=1S/C21H24N2/c1-5-21(4,6-2)17-13-15(3)12-16(14-17)18-9-10-19-20(23-18)8-7-11-22-19/h7-14H,5-6H2,1-4H3. The Hall–Kier alpha value is -2.22. The van der Waals surface area contributed by atoms with Gasteiger partial charge in [-0.15, -0.1) is 0 Å². The molecule has 118 valence electrons. The van der Waals surface area contributed by atoms with Crippen molar-refractivity contribution >= 4 is 11.0 Å². The summed E-state index contributed by atoms with van der Waals surface area (Å²) in [7, 11) is 0. The van der Waals surface area contributed by atoms with Gasteiger partial charge in [-0.25, -0.2) is 4.98 Å². The maximum Gasteiger partial charge on any atom is 0.0894 e. The smallest absolute Gasteiger partial charge is 0.0894 e. The molecule has 0 aliphatic rings. The normalized spacial score (nSPS) is 11.8. The van der Waals surface area contributed by atoms with E-state index < -0.39 is 0 Å². The van der Waals surface area contributed by atoms with Gasteiger partial charge < -0.3 is 0 Å². The van der Waals surface area contributed by atoms with Gasteiger partial charge in [0.15, 0.2) is 0 Å². The van der Waals surface area contributed by atoms with Gasteiger partial charge in [-0.1, -0.05) is 32.4 Å². The zero-order valence-electron chi connectivity index (χ0n) is 14.4. The molecule has 0 saturated heterocycles. The van der Waals surface area contributed by atoms with Crippen LogP contribution in [0.15, 0.2) is 48.7 Å². The number of fused-ring (bicyclic) bond motifs is 1. The van der Waals surface area contributed by atoms with Gasteiger partial charge >= 0.3 is 0 Å². The lowest BCUT2D eigenvalue weighted by Crippen LogP contribution is -2.19. The van der Waals surface area contributed by atoms with Crippen LogP contribution in [0.5, 0.6) is 0 Å². The first-order valence-electron chi connectivity index (χ1n) is 8.40. The molecule has 23 heavy (non-hydrogen) atoms. The fourth-order valence-corrected chi connectivity index (χ4v) is 3.06. The van der Waals surface area contributed by atoms with Crippen LogP contribution in [-0.2, 0) is 5.41 Å². The molecule has 0 spiro atoms. The molecule has 2 heterocycles. The summed E-state index contributed by atoms with van der Waals surface area (Å²) >= 11 is 0. The van der Waals surface area contributed by atoms with Crippen molar-refractivity contribution in [3.63, 3.8) is 0 Å². The molecular weight excluding hydrogens is 280 g/mol. The van der Waals surface area contributed by atoms with Crippen LogP contribution in [0.1, 0.15) is 44.7 Å². The summed E-state index contributed by atoms with van der Waals surface area (Å²) in [5.41, 5.74) is 7.02. The predicted octanol–water partition coefficient (Wildman–Crippen LogP) is 5.68. The number of rotatable bonds is 4. The Balaban J connectivity index is 2.13. The fourth-order valence-electron chi connectivity index (χ4n) is 3.06. The Morgan fingerprint density at radius 1 is 0.957 bits per heavy atom. The molecule has 0 saturated carbocycles. The first-order chi connectivity index (χ1) is 11.1. The molecule has 0 bridgehead atoms. The number of hydrogen-bond donors (Lipinski definition) is 0. The molecule has 0 atom stereocenters. The van der Waals surface area contributed by atoms with E-state index in [4.69, 9.17) is 4.98 Å². The molecule has 0 unspecified atom stereocenters. The van der Waals surface area contributed by atoms with Crippen LogP contribution in [0.4, 0.5) is 0 Å². The molecule has 2 aromatic heterocycles. The van der Waals surface area contributed by atoms with E-state index in [1.807, 2.05) is 18.3 Å². The zero-order chi connectivity index (χ0) is 16.4. The molecule has 0 aliphatic carbocycles. The van der Waals surface area contributed by atoms with Gasteiger partial charge in [0.1, 0.15) is 0 Å². The third-order valence-electron chi connectivity index (χ3n) is 5.09. The maximum atomic E-state index is 4.80. The van der Waals surface area contributed by atoms with Crippen LogP contribution >= 0.6 is 0 Å². The minimum Gasteiger partial charge on any atom is -0.255 e. The molecular formula is C21H24N2. The summed E-state index contributed by atoms with van der Waals surface area (Å²) in [6, 6.07) is 14.9. The monoisotopic (exact) mass is 304 g/mol. The highest BCUT2D eigenvalue weighted by Gasteiger charge is 2.23. The van der Waals surface area contributed by atoms with Gasteiger partial charge in [-0.3, -0.25) is 4.98 Å². The van der Waals surface area contributed by atoms with Crippen molar-refractivity contribution in [2.75, 3.05) is 0 Å². The van der Waals surface area contributed by atoms with Crippen LogP contribution in [0.2, 0.25) is 0 Å². The topological polar surface area (TPSA) is 25.8 Å². The highest BCUT2D eigenvalue weighted by Crippen LogP contribution is 2.34. The van der Waals surface area contributed by atoms with Crippen molar-refractivity contribution < 1.29 is 0 Å². The van der Waals surface area contributed by atoms with E-state index in [1.54, 1.807) is 0 Å². The summed E-state index contributed by atoms with van der Waals surface area (Å²) in [5.74, 6) is 0. The van der Waals surface area contributed by atoms with Gasteiger partial charge in [-0.05, 0) is 67.1 Å². The van der Waals surface area contributed by atoms with Crippen LogP contribution < -0.4 is 0 Å². The molecule has 0 amide bonds. The van der Waals surface area contributed by atoms with Gasteiger partial charge in [0, 0.05) is 11.8 Å². The second-order valence-electron chi connectivity index (χ2n) is 6.59. The van der Waals surface area contributed by atoms with Gasteiger partial charge in [0.25, 0.3) is 0 Å². The largest absolute Gasteiger partial charge is 0.255 e. The SMILES string of the molecule is CCC(C)(CC)c1cc(C)cc(-c2ccc3ncccc3n2)c1. The third kappa shape index (κ3) is 2.98. The minimum atomic E-state index is 0.221. The summed E-state index contributed by atoms with van der Waals surface area (Å²) < 4.78 is 0. The van der Waals surface area contributed by atoms with Crippen LogP contribution in [0, 0.1) is 6.92 Å². The predicted molar refractivity (Wildman–Crippen MR) is 97.6 cm³/mol. The van der Waals surface area contributed by atoms with Gasteiger partial charge in [0.2, 0.25) is 0 Å². The number of hydrogen-bond acceptors (Lipinski definition) is 2. The maximum absolute atomic E-state index is 4.80. The number of benzene rings is 1. The first kappa shape index (κ1) is 15.7. The lowest BCUT2D eigenvalue weighted by atomic mass is 9.77. The molecule has 3 aromatic rings. The fraction of sp³-hybridized carbons (Fsp3) is 0.333. The molecule has 1 aromatic carbocycles. The van der Waals surface area contributed by atoms with Crippen LogP contribution in [0.25, 0.3) is 22.3 Å². The summed E-state index contributed by atoms with van der Waals surface area (Å²) in [4.78, 5) is 9.15. The van der Waals surface area contributed by atoms with E-state index in [0.29, 0.717) is 0 Å². The van der Waals surface area contributed by atoms with E-state index in [-0.39, 0.29) is 5.41 Å². The molecule has 0 fully saturated rings. The van der Waals surface area contributed by atoms with Crippen molar-refractivity contribution in [2.45, 2.75) is 46.0 Å². The quantitative estimate of drug-likeness (QED) is 0.619. The van der Waals surface area contributed by atoms with Crippen molar-refractivity contribution in [3.05, 3.63) is 59.8 Å². The van der Waals surface area contributed by atoms with Crippen molar-refractivity contribution in [1.29, 1.82) is 0 Å². The number of aryl methyl sites for hydroxylation is 1. The zero-order valence-corrected chi connectivity index (χ0v) is 14.4. The highest BCUT2D eigenvalue weighted by molar-refractivity contribution is 5.78. The Bertz CT molecular complexity index is 832. The second kappa shape index (κ2) is 6.11. The third-order valence-corrected chi connectivity index (χ3v) is 5.09. The van der Waals surface area contributed by atoms with E-state index in [2.05, 4.69) is 63.0 Å². The van der Waals surface area contributed by atoms with E-state index in [0.717, 1.165) is 29.6 Å². The molecule has 2 heteroatoms. The molecule has 2 nitrogen and oxygen atoms in total. The summed E-state index contributed by atoms with van der Waals surface area (Å²) in [6.45, 7) is 9.06. The summed E-state index contributed by atoms with van der Waals surface area (Å²) in [6.07, 6.45) is 4.09. The molecule has 0 N–H and O–H groups in total. The van der Waals surface area contributed by atoms with E-state index in [1.165, 1.54) is 16.7 Å². The molecule has 3 rings (SSSR count). The average Bonchev–Trinajstić information content (AvgIpc) is 2.60. The minimum absolute atomic E-state index is 0.221.